The van der Waals surface area contributed by atoms with Gasteiger partial charge >= 0.3 is 0 Å². The molecule has 1 amide bonds. The standard InChI is InChI=1S/C20H27N3O4S2/c1-22(2)18-9-8-16(21-29(3,25)26)12-15(18)13-23(14-17-6-4-10-27-17)20(24)19-7-5-11-28-19/h5,7-9,11-12,17,21H,4,6,10,13-14H2,1-3H3. The van der Waals surface area contributed by atoms with Crippen molar-refractivity contribution < 1.29 is 17.9 Å². The molecule has 29 heavy (non-hydrogen) atoms. The van der Waals surface area contributed by atoms with Crippen molar-refractivity contribution in [2.45, 2.75) is 25.5 Å². The maximum atomic E-state index is 13.1. The zero-order valence-corrected chi connectivity index (χ0v) is 18.6. The summed E-state index contributed by atoms with van der Waals surface area (Å²) in [6, 6.07) is 9.07. The summed E-state index contributed by atoms with van der Waals surface area (Å²) in [5.41, 5.74) is 2.28. The fourth-order valence-electron chi connectivity index (χ4n) is 3.44. The van der Waals surface area contributed by atoms with Crippen LogP contribution in [0.25, 0.3) is 0 Å². The van der Waals surface area contributed by atoms with Gasteiger partial charge in [-0.1, -0.05) is 6.07 Å². The van der Waals surface area contributed by atoms with E-state index >= 15 is 0 Å². The van der Waals surface area contributed by atoms with Gasteiger partial charge in [0, 0.05) is 45.2 Å². The van der Waals surface area contributed by atoms with Crippen molar-refractivity contribution in [3.63, 3.8) is 0 Å². The van der Waals surface area contributed by atoms with Gasteiger partial charge in [0.05, 0.1) is 17.2 Å². The molecule has 1 aliphatic heterocycles. The third kappa shape index (κ3) is 5.94. The number of anilines is 2. The second-order valence-corrected chi connectivity index (χ2v) is 10.1. The predicted molar refractivity (Wildman–Crippen MR) is 117 cm³/mol. The topological polar surface area (TPSA) is 79.0 Å². The Bertz CT molecular complexity index is 937. The van der Waals surface area contributed by atoms with E-state index < -0.39 is 10.0 Å². The maximum Gasteiger partial charge on any atom is 0.264 e. The first-order valence-corrected chi connectivity index (χ1v) is 12.2. The molecule has 1 aliphatic rings. The molecule has 0 saturated carbocycles. The minimum absolute atomic E-state index is 0.0269. The van der Waals surface area contributed by atoms with E-state index in [4.69, 9.17) is 4.74 Å². The van der Waals surface area contributed by atoms with E-state index in [1.807, 2.05) is 42.6 Å². The number of hydrogen-bond donors (Lipinski definition) is 1. The molecule has 3 rings (SSSR count). The number of carbonyl (C=O) groups is 1. The van der Waals surface area contributed by atoms with Crippen LogP contribution in [0.3, 0.4) is 0 Å². The zero-order chi connectivity index (χ0) is 21.0. The van der Waals surface area contributed by atoms with Gasteiger partial charge in [0.15, 0.2) is 0 Å². The van der Waals surface area contributed by atoms with E-state index in [0.717, 1.165) is 37.0 Å². The van der Waals surface area contributed by atoms with E-state index in [-0.39, 0.29) is 12.0 Å². The number of hydrogen-bond acceptors (Lipinski definition) is 6. The molecule has 1 unspecified atom stereocenters. The molecule has 0 radical (unpaired) electrons. The van der Waals surface area contributed by atoms with Crippen molar-refractivity contribution in [3.05, 3.63) is 46.2 Å². The highest BCUT2D eigenvalue weighted by Crippen LogP contribution is 2.27. The van der Waals surface area contributed by atoms with Crippen LogP contribution in [0.5, 0.6) is 0 Å². The van der Waals surface area contributed by atoms with Crippen molar-refractivity contribution in [1.29, 1.82) is 0 Å². The Morgan fingerprint density at radius 3 is 2.69 bits per heavy atom. The number of thiophene rings is 1. The number of ether oxygens (including phenoxy) is 1. The second-order valence-electron chi connectivity index (χ2n) is 7.41. The summed E-state index contributed by atoms with van der Waals surface area (Å²) in [6.07, 6.45) is 3.09. The summed E-state index contributed by atoms with van der Waals surface area (Å²) < 4.78 is 31.6. The van der Waals surface area contributed by atoms with Gasteiger partial charge in [-0.15, -0.1) is 11.3 Å². The number of nitrogens with one attached hydrogen (secondary N) is 1. The number of benzene rings is 1. The highest BCUT2D eigenvalue weighted by Gasteiger charge is 2.25. The fourth-order valence-corrected chi connectivity index (χ4v) is 4.69. The van der Waals surface area contributed by atoms with E-state index in [9.17, 15) is 13.2 Å². The maximum absolute atomic E-state index is 13.1. The molecule has 1 atom stereocenters. The summed E-state index contributed by atoms with van der Waals surface area (Å²) in [7, 11) is 0.461. The van der Waals surface area contributed by atoms with E-state index in [1.165, 1.54) is 11.3 Å². The van der Waals surface area contributed by atoms with E-state index in [1.54, 1.807) is 17.0 Å². The molecule has 158 valence electrons. The normalized spacial score (nSPS) is 16.6. The Hall–Kier alpha value is -2.10. The largest absolute Gasteiger partial charge is 0.377 e. The third-order valence-corrected chi connectivity index (χ3v) is 6.16. The van der Waals surface area contributed by atoms with Crippen LogP contribution >= 0.6 is 11.3 Å². The number of amides is 1. The minimum atomic E-state index is -3.39. The Labute approximate surface area is 176 Å². The van der Waals surface area contributed by atoms with Gasteiger partial charge in [0.2, 0.25) is 10.0 Å². The van der Waals surface area contributed by atoms with Crippen LogP contribution in [0.2, 0.25) is 0 Å². The SMILES string of the molecule is CN(C)c1ccc(NS(C)(=O)=O)cc1CN(CC1CCCO1)C(=O)c1cccs1. The van der Waals surface area contributed by atoms with Crippen LogP contribution in [-0.2, 0) is 21.3 Å². The Morgan fingerprint density at radius 2 is 2.10 bits per heavy atom. The molecule has 1 fully saturated rings. The van der Waals surface area contributed by atoms with Gasteiger partial charge in [0.25, 0.3) is 5.91 Å². The van der Waals surface area contributed by atoms with Gasteiger partial charge in [-0.3, -0.25) is 9.52 Å². The monoisotopic (exact) mass is 437 g/mol. The third-order valence-electron chi connectivity index (χ3n) is 4.69. The van der Waals surface area contributed by atoms with Gasteiger partial charge in [-0.25, -0.2) is 8.42 Å². The molecule has 7 nitrogen and oxygen atoms in total. The lowest BCUT2D eigenvalue weighted by Crippen LogP contribution is -2.37. The van der Waals surface area contributed by atoms with Crippen molar-refractivity contribution >= 4 is 38.6 Å². The van der Waals surface area contributed by atoms with Crippen LogP contribution in [0, 0.1) is 0 Å². The van der Waals surface area contributed by atoms with E-state index in [0.29, 0.717) is 23.7 Å². The summed E-state index contributed by atoms with van der Waals surface area (Å²) in [6.45, 7) is 1.60. The molecule has 1 aromatic carbocycles. The fraction of sp³-hybridized carbons (Fsp3) is 0.450. The van der Waals surface area contributed by atoms with Crippen LogP contribution in [0.15, 0.2) is 35.7 Å². The van der Waals surface area contributed by atoms with Gasteiger partial charge in [0.1, 0.15) is 0 Å². The molecular formula is C20H27N3O4S2. The summed E-state index contributed by atoms with van der Waals surface area (Å²) in [4.78, 5) is 17.6. The molecule has 1 aromatic heterocycles. The summed E-state index contributed by atoms with van der Waals surface area (Å²) >= 11 is 1.42. The highest BCUT2D eigenvalue weighted by atomic mass is 32.2. The van der Waals surface area contributed by atoms with Crippen molar-refractivity contribution in [1.82, 2.24) is 4.90 Å². The highest BCUT2D eigenvalue weighted by molar-refractivity contribution is 7.92. The summed E-state index contributed by atoms with van der Waals surface area (Å²) in [5.74, 6) is -0.0401. The van der Waals surface area contributed by atoms with Crippen molar-refractivity contribution in [2.24, 2.45) is 0 Å². The molecular weight excluding hydrogens is 410 g/mol. The Balaban J connectivity index is 1.91. The first-order valence-electron chi connectivity index (χ1n) is 9.45. The van der Waals surface area contributed by atoms with Gasteiger partial charge in [-0.2, -0.15) is 0 Å². The minimum Gasteiger partial charge on any atom is -0.377 e. The van der Waals surface area contributed by atoms with Crippen LogP contribution in [0.1, 0.15) is 28.1 Å². The van der Waals surface area contributed by atoms with Gasteiger partial charge < -0.3 is 14.5 Å². The first-order chi connectivity index (χ1) is 13.7. The molecule has 1 N–H and O–H groups in total. The molecule has 2 aromatic rings. The average molecular weight is 438 g/mol. The van der Waals surface area contributed by atoms with Crippen molar-refractivity contribution in [3.8, 4) is 0 Å². The van der Waals surface area contributed by atoms with Crippen LogP contribution in [-0.4, -0.2) is 58.8 Å². The average Bonchev–Trinajstić information content (AvgIpc) is 3.33. The van der Waals surface area contributed by atoms with Gasteiger partial charge in [-0.05, 0) is 48.1 Å². The lowest BCUT2D eigenvalue weighted by Gasteiger charge is -2.28. The van der Waals surface area contributed by atoms with Crippen LogP contribution < -0.4 is 9.62 Å². The number of rotatable bonds is 8. The zero-order valence-electron chi connectivity index (χ0n) is 16.9. The quantitative estimate of drug-likeness (QED) is 0.687. The second kappa shape index (κ2) is 9.15. The lowest BCUT2D eigenvalue weighted by atomic mass is 10.1. The molecule has 1 saturated heterocycles. The Morgan fingerprint density at radius 1 is 1.31 bits per heavy atom. The molecule has 9 heteroatoms. The number of nitrogens with zero attached hydrogens (tertiary/aromatic N) is 2. The lowest BCUT2D eigenvalue weighted by molar-refractivity contribution is 0.0511. The number of carbonyl (C=O) groups excluding carboxylic acids is 1. The molecule has 0 bridgehead atoms. The first kappa shape index (κ1) is 21.6. The number of sulfonamides is 1. The smallest absolute Gasteiger partial charge is 0.264 e. The van der Waals surface area contributed by atoms with Crippen molar-refractivity contribution in [2.75, 3.05) is 43.1 Å². The van der Waals surface area contributed by atoms with E-state index in [2.05, 4.69) is 4.72 Å². The molecule has 0 aliphatic carbocycles. The molecule has 2 heterocycles. The van der Waals surface area contributed by atoms with Crippen LogP contribution in [0.4, 0.5) is 11.4 Å². The predicted octanol–water partition coefficient (Wildman–Crippen LogP) is 3.01. The Kier molecular flexibility index (Phi) is 6.81. The summed E-state index contributed by atoms with van der Waals surface area (Å²) in [5, 5.41) is 1.89. The molecule has 0 spiro atoms.